The molecule has 2 aromatic carbocycles. The number of nitrogens with zero attached hydrogens (tertiary/aromatic N) is 1. The highest BCUT2D eigenvalue weighted by Gasteiger charge is 2.30. The fraction of sp³-hybridized carbons (Fsp3) is 0.318. The Morgan fingerprint density at radius 3 is 2.48 bits per heavy atom. The summed E-state index contributed by atoms with van der Waals surface area (Å²) in [5, 5.41) is 0.476. The Labute approximate surface area is 165 Å². The molecule has 4 rings (SSSR count). The van der Waals surface area contributed by atoms with E-state index in [9.17, 15) is 18.0 Å². The summed E-state index contributed by atoms with van der Waals surface area (Å²) in [5.74, 6) is 0.498. The maximum atomic E-state index is 12.9. The summed E-state index contributed by atoms with van der Waals surface area (Å²) in [6.07, 6.45) is -3.49. The van der Waals surface area contributed by atoms with Crippen LogP contribution < -0.4 is 10.3 Å². The van der Waals surface area contributed by atoms with Gasteiger partial charge in [-0.15, -0.1) is 0 Å². The summed E-state index contributed by atoms with van der Waals surface area (Å²) in [4.78, 5) is 14.5. The van der Waals surface area contributed by atoms with Crippen LogP contribution in [0.25, 0.3) is 11.0 Å². The molecule has 0 aliphatic carbocycles. The average Bonchev–Trinajstić information content (AvgIpc) is 2.72. The summed E-state index contributed by atoms with van der Waals surface area (Å²) in [7, 11) is 0. The van der Waals surface area contributed by atoms with E-state index >= 15 is 0 Å². The van der Waals surface area contributed by atoms with Crippen LogP contribution in [-0.4, -0.2) is 26.3 Å². The molecule has 1 aliphatic rings. The van der Waals surface area contributed by atoms with E-state index < -0.39 is 11.7 Å². The van der Waals surface area contributed by atoms with Gasteiger partial charge in [0.1, 0.15) is 5.58 Å². The van der Waals surface area contributed by atoms with Crippen molar-refractivity contribution in [2.45, 2.75) is 19.0 Å². The monoisotopic (exact) mass is 403 g/mol. The number of rotatable bonds is 4. The third-order valence-corrected chi connectivity index (χ3v) is 5.08. The summed E-state index contributed by atoms with van der Waals surface area (Å²) in [6.45, 7) is 2.42. The van der Waals surface area contributed by atoms with Gasteiger partial charge in [-0.3, -0.25) is 4.79 Å². The largest absolute Gasteiger partial charge is 0.440 e. The first-order chi connectivity index (χ1) is 13.9. The Kier molecular flexibility index (Phi) is 5.32. The van der Waals surface area contributed by atoms with Crippen molar-refractivity contribution in [3.8, 4) is 0 Å². The molecule has 29 heavy (non-hydrogen) atoms. The first-order valence-electron chi connectivity index (χ1n) is 9.46. The van der Waals surface area contributed by atoms with Crippen molar-refractivity contribution in [1.82, 2.24) is 0 Å². The van der Waals surface area contributed by atoms with E-state index in [1.807, 2.05) is 11.0 Å². The standard InChI is InChI=1S/C22H20F3NO3/c23-22(24,25)17-5-1-3-15(13-17)7-8-16-4-2-6-18-19(27)14-20(29-21(16)18)26-9-11-28-12-10-26/h1-6,13-14H,7-12H2. The van der Waals surface area contributed by atoms with Crippen molar-refractivity contribution in [3.63, 3.8) is 0 Å². The first-order valence-corrected chi connectivity index (χ1v) is 9.46. The van der Waals surface area contributed by atoms with Crippen LogP contribution >= 0.6 is 0 Å². The van der Waals surface area contributed by atoms with Gasteiger partial charge in [0.2, 0.25) is 0 Å². The third kappa shape index (κ3) is 4.29. The molecular weight excluding hydrogens is 383 g/mol. The molecule has 0 bridgehead atoms. The number of ether oxygens (including phenoxy) is 1. The summed E-state index contributed by atoms with van der Waals surface area (Å²) in [6, 6.07) is 12.1. The molecule has 0 spiro atoms. The van der Waals surface area contributed by atoms with Crippen LogP contribution in [0.1, 0.15) is 16.7 Å². The smallest absolute Gasteiger partial charge is 0.416 e. The van der Waals surface area contributed by atoms with E-state index in [0.717, 1.165) is 11.6 Å². The SMILES string of the molecule is O=c1cc(N2CCOCC2)oc2c(CCc3cccc(C(F)(F)F)c3)cccc12. The first kappa shape index (κ1) is 19.5. The lowest BCUT2D eigenvalue weighted by molar-refractivity contribution is -0.137. The van der Waals surface area contributed by atoms with Crippen molar-refractivity contribution in [2.24, 2.45) is 0 Å². The number of aryl methyl sites for hydroxylation is 2. The number of anilines is 1. The fourth-order valence-electron chi connectivity index (χ4n) is 3.54. The molecule has 1 saturated heterocycles. The summed E-state index contributed by atoms with van der Waals surface area (Å²) < 4.78 is 50.2. The van der Waals surface area contributed by atoms with Crippen LogP contribution in [0.15, 0.2) is 57.7 Å². The van der Waals surface area contributed by atoms with Gasteiger partial charge in [0.25, 0.3) is 0 Å². The Morgan fingerprint density at radius 2 is 1.72 bits per heavy atom. The van der Waals surface area contributed by atoms with Gasteiger partial charge in [0, 0.05) is 19.2 Å². The van der Waals surface area contributed by atoms with E-state index in [1.54, 1.807) is 18.2 Å². The van der Waals surface area contributed by atoms with Gasteiger partial charge in [-0.1, -0.05) is 30.3 Å². The molecule has 0 N–H and O–H groups in total. The van der Waals surface area contributed by atoms with E-state index in [0.29, 0.717) is 61.6 Å². The molecule has 1 aromatic heterocycles. The number of hydrogen-bond donors (Lipinski definition) is 0. The zero-order valence-electron chi connectivity index (χ0n) is 15.7. The second kappa shape index (κ2) is 7.91. The van der Waals surface area contributed by atoms with Crippen LogP contribution in [0.5, 0.6) is 0 Å². The molecule has 2 heterocycles. The topological polar surface area (TPSA) is 42.7 Å². The van der Waals surface area contributed by atoms with Crippen molar-refractivity contribution < 1.29 is 22.3 Å². The lowest BCUT2D eigenvalue weighted by Crippen LogP contribution is -2.36. The number of halogens is 3. The number of benzene rings is 2. The van der Waals surface area contributed by atoms with Gasteiger partial charge < -0.3 is 14.1 Å². The zero-order valence-corrected chi connectivity index (χ0v) is 15.7. The molecule has 0 unspecified atom stereocenters. The molecule has 4 nitrogen and oxygen atoms in total. The second-order valence-electron chi connectivity index (χ2n) is 7.04. The summed E-state index contributed by atoms with van der Waals surface area (Å²) in [5.41, 5.74) is 1.09. The van der Waals surface area contributed by atoms with Gasteiger partial charge in [-0.05, 0) is 36.1 Å². The minimum atomic E-state index is -4.37. The molecular formula is C22H20F3NO3. The highest BCUT2D eigenvalue weighted by Crippen LogP contribution is 2.30. The van der Waals surface area contributed by atoms with Crippen LogP contribution in [0, 0.1) is 0 Å². The number of fused-ring (bicyclic) bond motifs is 1. The van der Waals surface area contributed by atoms with Crippen molar-refractivity contribution in [2.75, 3.05) is 31.2 Å². The molecule has 0 amide bonds. The van der Waals surface area contributed by atoms with Gasteiger partial charge in [0.15, 0.2) is 11.3 Å². The average molecular weight is 403 g/mol. The maximum absolute atomic E-state index is 12.9. The van der Waals surface area contributed by atoms with E-state index in [2.05, 4.69) is 0 Å². The molecule has 3 aromatic rings. The zero-order chi connectivity index (χ0) is 20.4. The highest BCUT2D eigenvalue weighted by molar-refractivity contribution is 5.81. The molecule has 0 saturated carbocycles. The maximum Gasteiger partial charge on any atom is 0.416 e. The Balaban J connectivity index is 1.63. The van der Waals surface area contributed by atoms with Gasteiger partial charge >= 0.3 is 6.18 Å². The second-order valence-corrected chi connectivity index (χ2v) is 7.04. The third-order valence-electron chi connectivity index (χ3n) is 5.08. The van der Waals surface area contributed by atoms with Crippen molar-refractivity contribution >= 4 is 16.9 Å². The lowest BCUT2D eigenvalue weighted by Gasteiger charge is -2.27. The van der Waals surface area contributed by atoms with E-state index in [4.69, 9.17) is 9.15 Å². The Morgan fingerprint density at radius 1 is 0.966 bits per heavy atom. The molecule has 0 atom stereocenters. The van der Waals surface area contributed by atoms with Crippen LogP contribution in [0.2, 0.25) is 0 Å². The fourth-order valence-corrected chi connectivity index (χ4v) is 3.54. The van der Waals surface area contributed by atoms with Crippen LogP contribution in [-0.2, 0) is 23.8 Å². The highest BCUT2D eigenvalue weighted by atomic mass is 19.4. The normalized spacial score (nSPS) is 15.1. The van der Waals surface area contributed by atoms with Crippen LogP contribution in [0.4, 0.5) is 19.1 Å². The Bertz CT molecular complexity index is 1070. The molecule has 1 aliphatic heterocycles. The minimum Gasteiger partial charge on any atom is -0.440 e. The number of para-hydroxylation sites is 1. The number of alkyl halides is 3. The lowest BCUT2D eigenvalue weighted by atomic mass is 10.0. The number of hydrogen-bond acceptors (Lipinski definition) is 4. The molecule has 0 radical (unpaired) electrons. The number of morpholine rings is 1. The summed E-state index contributed by atoms with van der Waals surface area (Å²) >= 11 is 0. The van der Waals surface area contributed by atoms with E-state index in [-0.39, 0.29) is 5.43 Å². The van der Waals surface area contributed by atoms with E-state index in [1.165, 1.54) is 18.2 Å². The van der Waals surface area contributed by atoms with Crippen molar-refractivity contribution in [1.29, 1.82) is 0 Å². The van der Waals surface area contributed by atoms with Gasteiger partial charge in [-0.25, -0.2) is 0 Å². The predicted molar refractivity (Wildman–Crippen MR) is 104 cm³/mol. The molecule has 152 valence electrons. The van der Waals surface area contributed by atoms with Gasteiger partial charge in [-0.2, -0.15) is 13.2 Å². The van der Waals surface area contributed by atoms with Crippen molar-refractivity contribution in [3.05, 3.63) is 75.4 Å². The predicted octanol–water partition coefficient (Wildman–Crippen LogP) is 4.43. The van der Waals surface area contributed by atoms with Gasteiger partial charge in [0.05, 0.1) is 24.2 Å². The Hall–Kier alpha value is -2.80. The minimum absolute atomic E-state index is 0.131. The molecule has 7 heteroatoms. The quantitative estimate of drug-likeness (QED) is 0.646. The van der Waals surface area contributed by atoms with Crippen LogP contribution in [0.3, 0.4) is 0 Å². The molecule has 1 fully saturated rings.